The molecule has 192 valence electrons. The fraction of sp³-hybridized carbons (Fsp3) is 0.200. The molecule has 0 amide bonds. The summed E-state index contributed by atoms with van der Waals surface area (Å²) >= 11 is 0. The molecule has 5 rings (SSSR count). The minimum absolute atomic E-state index is 0.149. The van der Waals surface area contributed by atoms with Crippen LogP contribution in [0.5, 0.6) is 5.75 Å². The predicted molar refractivity (Wildman–Crippen MR) is 134 cm³/mol. The lowest BCUT2D eigenvalue weighted by Gasteiger charge is -2.21. The van der Waals surface area contributed by atoms with Crippen molar-refractivity contribution in [1.82, 2.24) is 19.5 Å². The Morgan fingerprint density at radius 2 is 1.81 bits per heavy atom. The van der Waals surface area contributed by atoms with Crippen LogP contribution in [0.25, 0.3) is 33.2 Å². The van der Waals surface area contributed by atoms with E-state index in [1.54, 1.807) is 18.6 Å². The number of alkyl halides is 3. The molecule has 0 unspecified atom stereocenters. The van der Waals surface area contributed by atoms with Crippen molar-refractivity contribution in [1.29, 1.82) is 0 Å². The fourth-order valence-electron chi connectivity index (χ4n) is 4.06. The average molecular weight is 530 g/mol. The van der Waals surface area contributed by atoms with Gasteiger partial charge in [0, 0.05) is 28.8 Å². The molecule has 0 saturated carbocycles. The van der Waals surface area contributed by atoms with Crippen LogP contribution in [0.3, 0.4) is 0 Å². The molecule has 0 aliphatic carbocycles. The number of halogens is 3. The second kappa shape index (κ2) is 8.51. The SMILES string of the molecule is CC(C)(C)n1cnc2ccc(-c3c[nH]c4ncc(NS(=O)(=O)c5cccc(OC(F)(F)F)c5)cc34)cc21. The van der Waals surface area contributed by atoms with E-state index in [1.165, 1.54) is 18.3 Å². The number of rotatable bonds is 5. The first-order valence-corrected chi connectivity index (χ1v) is 12.6. The Labute approximate surface area is 210 Å². The number of nitrogens with one attached hydrogen (secondary N) is 2. The quantitative estimate of drug-likeness (QED) is 0.289. The summed E-state index contributed by atoms with van der Waals surface area (Å²) in [5.74, 6) is -0.637. The van der Waals surface area contributed by atoms with Gasteiger partial charge in [0.05, 0.1) is 34.1 Å². The molecular weight excluding hydrogens is 507 g/mol. The summed E-state index contributed by atoms with van der Waals surface area (Å²) in [5.41, 5.74) is 3.99. The molecule has 2 aromatic carbocycles. The molecule has 5 aromatic rings. The summed E-state index contributed by atoms with van der Waals surface area (Å²) in [6, 6.07) is 11.6. The Bertz CT molecular complexity index is 1730. The van der Waals surface area contributed by atoms with Crippen molar-refractivity contribution >= 4 is 37.8 Å². The molecule has 3 heterocycles. The number of imidazole rings is 1. The van der Waals surface area contributed by atoms with Gasteiger partial charge < -0.3 is 14.3 Å². The van der Waals surface area contributed by atoms with E-state index in [0.717, 1.165) is 34.3 Å². The van der Waals surface area contributed by atoms with Gasteiger partial charge in [0.1, 0.15) is 11.4 Å². The highest BCUT2D eigenvalue weighted by molar-refractivity contribution is 7.92. The van der Waals surface area contributed by atoms with Gasteiger partial charge in [0.15, 0.2) is 0 Å². The Morgan fingerprint density at radius 3 is 2.54 bits per heavy atom. The number of sulfonamides is 1. The standard InChI is InChI=1S/C25H22F3N5O3S/c1-24(2,3)33-14-31-21-8-7-15(9-22(21)33)20-13-30-23-19(20)10-16(12-29-23)32-37(34,35)18-6-4-5-17(11-18)36-25(26,27)28/h4-14,32H,1-3H3,(H,29,30). The monoisotopic (exact) mass is 529 g/mol. The van der Waals surface area contributed by atoms with Crippen molar-refractivity contribution in [2.75, 3.05) is 4.72 Å². The summed E-state index contributed by atoms with van der Waals surface area (Å²) < 4.78 is 71.8. The number of pyridine rings is 1. The van der Waals surface area contributed by atoms with Gasteiger partial charge in [-0.3, -0.25) is 4.72 Å². The number of hydrogen-bond donors (Lipinski definition) is 2. The Morgan fingerprint density at radius 1 is 1.03 bits per heavy atom. The molecule has 8 nitrogen and oxygen atoms in total. The zero-order valence-corrected chi connectivity index (χ0v) is 20.8. The lowest BCUT2D eigenvalue weighted by molar-refractivity contribution is -0.274. The third kappa shape index (κ3) is 4.96. The molecule has 0 radical (unpaired) electrons. The van der Waals surface area contributed by atoms with Gasteiger partial charge in [-0.05, 0) is 56.7 Å². The number of ether oxygens (including phenoxy) is 1. The first kappa shape index (κ1) is 24.6. The largest absolute Gasteiger partial charge is 0.573 e. The van der Waals surface area contributed by atoms with Crippen LogP contribution in [0.4, 0.5) is 18.9 Å². The molecule has 0 aliphatic heterocycles. The molecule has 12 heteroatoms. The minimum atomic E-state index is -4.94. The van der Waals surface area contributed by atoms with Gasteiger partial charge in [-0.2, -0.15) is 0 Å². The van der Waals surface area contributed by atoms with Crippen LogP contribution in [-0.2, 0) is 15.6 Å². The van der Waals surface area contributed by atoms with Crippen LogP contribution in [0.1, 0.15) is 20.8 Å². The van der Waals surface area contributed by atoms with Crippen molar-refractivity contribution < 1.29 is 26.3 Å². The number of aromatic amines is 1. The van der Waals surface area contributed by atoms with E-state index in [2.05, 4.69) is 49.7 Å². The number of aromatic nitrogens is 4. The van der Waals surface area contributed by atoms with Crippen molar-refractivity contribution in [2.24, 2.45) is 0 Å². The smallest absolute Gasteiger partial charge is 0.406 e. The van der Waals surface area contributed by atoms with E-state index < -0.39 is 22.1 Å². The van der Waals surface area contributed by atoms with E-state index >= 15 is 0 Å². The second-order valence-corrected chi connectivity index (χ2v) is 11.1. The van der Waals surface area contributed by atoms with Crippen LogP contribution in [0.2, 0.25) is 0 Å². The number of H-pyrrole nitrogens is 1. The predicted octanol–water partition coefficient (Wildman–Crippen LogP) is 6.03. The third-order valence-electron chi connectivity index (χ3n) is 5.71. The molecule has 3 aromatic heterocycles. The number of fused-ring (bicyclic) bond motifs is 2. The maximum Gasteiger partial charge on any atom is 0.573 e. The summed E-state index contributed by atoms with van der Waals surface area (Å²) in [4.78, 5) is 11.5. The maximum absolute atomic E-state index is 12.9. The zero-order valence-electron chi connectivity index (χ0n) is 20.0. The first-order chi connectivity index (χ1) is 17.3. The lowest BCUT2D eigenvalue weighted by Crippen LogP contribution is -2.20. The van der Waals surface area contributed by atoms with Gasteiger partial charge in [0.25, 0.3) is 10.0 Å². The van der Waals surface area contributed by atoms with Gasteiger partial charge in [-0.15, -0.1) is 13.2 Å². The highest BCUT2D eigenvalue weighted by atomic mass is 32.2. The van der Waals surface area contributed by atoms with Crippen LogP contribution in [0.15, 0.2) is 72.1 Å². The number of anilines is 1. The molecule has 0 bridgehead atoms. The molecule has 0 aliphatic rings. The van der Waals surface area contributed by atoms with Crippen LogP contribution < -0.4 is 9.46 Å². The number of hydrogen-bond acceptors (Lipinski definition) is 5. The normalized spacial score (nSPS) is 12.8. The highest BCUT2D eigenvalue weighted by Gasteiger charge is 2.31. The second-order valence-electron chi connectivity index (χ2n) is 9.44. The molecule has 0 spiro atoms. The van der Waals surface area contributed by atoms with Gasteiger partial charge in [0.2, 0.25) is 0 Å². The van der Waals surface area contributed by atoms with Crippen LogP contribution in [0, 0.1) is 0 Å². The van der Waals surface area contributed by atoms with Gasteiger partial charge in [-0.25, -0.2) is 18.4 Å². The first-order valence-electron chi connectivity index (χ1n) is 11.1. The van der Waals surface area contributed by atoms with Gasteiger partial charge >= 0.3 is 6.36 Å². The van der Waals surface area contributed by atoms with Crippen molar-refractivity contribution in [2.45, 2.75) is 37.6 Å². The summed E-state index contributed by atoms with van der Waals surface area (Å²) in [6.45, 7) is 6.25. The molecular formula is C25H22F3N5O3S. The summed E-state index contributed by atoms with van der Waals surface area (Å²) in [7, 11) is -4.22. The summed E-state index contributed by atoms with van der Waals surface area (Å²) in [6.07, 6.45) is -0.0309. The molecule has 0 saturated heterocycles. The Hall–Kier alpha value is -4.06. The molecule has 0 fully saturated rings. The average Bonchev–Trinajstić information content (AvgIpc) is 3.41. The van der Waals surface area contributed by atoms with Gasteiger partial charge in [-0.1, -0.05) is 12.1 Å². The van der Waals surface area contributed by atoms with Crippen molar-refractivity contribution in [3.05, 3.63) is 67.3 Å². The number of benzene rings is 2. The highest BCUT2D eigenvalue weighted by Crippen LogP contribution is 2.33. The lowest BCUT2D eigenvalue weighted by atomic mass is 10.0. The van der Waals surface area contributed by atoms with E-state index in [4.69, 9.17) is 0 Å². The van der Waals surface area contributed by atoms with Crippen molar-refractivity contribution in [3.63, 3.8) is 0 Å². The topological polar surface area (TPSA) is 102 Å². The number of nitrogens with zero attached hydrogens (tertiary/aromatic N) is 3. The molecule has 37 heavy (non-hydrogen) atoms. The van der Waals surface area contributed by atoms with E-state index in [9.17, 15) is 21.6 Å². The molecule has 0 atom stereocenters. The van der Waals surface area contributed by atoms with Crippen LogP contribution >= 0.6 is 0 Å². The fourth-order valence-corrected chi connectivity index (χ4v) is 5.13. The van der Waals surface area contributed by atoms with E-state index in [0.29, 0.717) is 11.0 Å². The van der Waals surface area contributed by atoms with E-state index in [-0.39, 0.29) is 16.1 Å². The molecule has 2 N–H and O–H groups in total. The Balaban J connectivity index is 1.50. The zero-order chi connectivity index (χ0) is 26.6. The Kier molecular flexibility index (Phi) is 5.66. The third-order valence-corrected chi connectivity index (χ3v) is 7.09. The minimum Gasteiger partial charge on any atom is -0.406 e. The van der Waals surface area contributed by atoms with Crippen LogP contribution in [-0.4, -0.2) is 34.3 Å². The summed E-state index contributed by atoms with van der Waals surface area (Å²) in [5, 5.41) is 0.663. The maximum atomic E-state index is 12.9. The van der Waals surface area contributed by atoms with Crippen molar-refractivity contribution in [3.8, 4) is 16.9 Å². The van der Waals surface area contributed by atoms with E-state index in [1.807, 2.05) is 18.2 Å².